The van der Waals surface area contributed by atoms with Gasteiger partial charge in [0.1, 0.15) is 0 Å². The number of non-ortho nitro benzene ring substituents is 1. The van der Waals surface area contributed by atoms with Crippen molar-refractivity contribution in [2.75, 3.05) is 19.5 Å². The number of nitro groups is 1. The summed E-state index contributed by atoms with van der Waals surface area (Å²) in [6.45, 7) is 0. The van der Waals surface area contributed by atoms with Crippen molar-refractivity contribution < 1.29 is 38.7 Å². The zero-order valence-corrected chi connectivity index (χ0v) is 16.9. The third-order valence-electron chi connectivity index (χ3n) is 4.29. The van der Waals surface area contributed by atoms with Gasteiger partial charge in [0.15, 0.2) is 12.1 Å². The smallest absolute Gasteiger partial charge is 0.335 e. The van der Waals surface area contributed by atoms with Crippen LogP contribution in [0.4, 0.5) is 11.4 Å². The Hall–Kier alpha value is -4.32. The fourth-order valence-electron chi connectivity index (χ4n) is 2.63. The first-order valence-electron chi connectivity index (χ1n) is 8.98. The van der Waals surface area contributed by atoms with E-state index >= 15 is 0 Å². The maximum Gasteiger partial charge on any atom is 0.335 e. The molecule has 0 aliphatic rings. The number of nitro benzene ring substituents is 1. The van der Waals surface area contributed by atoms with E-state index < -0.39 is 40.8 Å². The number of nitrogens with zero attached hydrogens (tertiary/aromatic N) is 1. The van der Waals surface area contributed by atoms with Crippen molar-refractivity contribution in [1.82, 2.24) is 5.32 Å². The molecule has 2 unspecified atom stereocenters. The van der Waals surface area contributed by atoms with Crippen molar-refractivity contribution in [2.24, 2.45) is 0 Å². The molecular formula is C20H19N3O9. The number of esters is 1. The Labute approximate surface area is 181 Å². The monoisotopic (exact) mass is 445 g/mol. The van der Waals surface area contributed by atoms with E-state index in [1.54, 1.807) is 0 Å². The molecule has 0 saturated carbocycles. The van der Waals surface area contributed by atoms with Crippen LogP contribution >= 0.6 is 0 Å². The van der Waals surface area contributed by atoms with E-state index in [0.29, 0.717) is 5.69 Å². The molecule has 2 aromatic rings. The minimum atomic E-state index is -1.66. The number of carboxylic acid groups (broad SMARTS) is 1. The van der Waals surface area contributed by atoms with Gasteiger partial charge < -0.3 is 25.2 Å². The first-order chi connectivity index (χ1) is 15.2. The van der Waals surface area contributed by atoms with Crippen molar-refractivity contribution in [2.45, 2.75) is 12.1 Å². The van der Waals surface area contributed by atoms with Crippen LogP contribution in [0, 0.1) is 10.1 Å². The molecular weight excluding hydrogens is 426 g/mol. The van der Waals surface area contributed by atoms with Crippen LogP contribution in [0.1, 0.15) is 20.7 Å². The average molecular weight is 445 g/mol. The molecule has 2 aromatic carbocycles. The van der Waals surface area contributed by atoms with Crippen molar-refractivity contribution in [3.05, 3.63) is 69.8 Å². The summed E-state index contributed by atoms with van der Waals surface area (Å²) in [5.41, 5.74) is 0.445. The van der Waals surface area contributed by atoms with Gasteiger partial charge in [-0.1, -0.05) is 0 Å². The minimum absolute atomic E-state index is 0.0764. The number of carbonyl (C=O) groups is 4. The lowest BCUT2D eigenvalue weighted by Gasteiger charge is -2.21. The molecule has 2 amide bonds. The summed E-state index contributed by atoms with van der Waals surface area (Å²) in [6.07, 6.45) is -1.66. The summed E-state index contributed by atoms with van der Waals surface area (Å²) in [6, 6.07) is 8.93. The predicted molar refractivity (Wildman–Crippen MR) is 109 cm³/mol. The molecule has 0 aliphatic heterocycles. The third kappa shape index (κ3) is 5.86. The highest BCUT2D eigenvalue weighted by Gasteiger charge is 2.36. The van der Waals surface area contributed by atoms with Crippen LogP contribution in [0.5, 0.6) is 0 Å². The molecule has 0 spiro atoms. The Kier molecular flexibility index (Phi) is 7.96. The second-order valence-electron chi connectivity index (χ2n) is 6.30. The van der Waals surface area contributed by atoms with Gasteiger partial charge in [0.25, 0.3) is 17.5 Å². The van der Waals surface area contributed by atoms with E-state index in [0.717, 1.165) is 14.2 Å². The van der Waals surface area contributed by atoms with Gasteiger partial charge in [-0.2, -0.15) is 0 Å². The van der Waals surface area contributed by atoms with E-state index in [2.05, 4.69) is 15.4 Å². The van der Waals surface area contributed by atoms with Crippen molar-refractivity contribution in [3.63, 3.8) is 0 Å². The third-order valence-corrected chi connectivity index (χ3v) is 4.29. The van der Waals surface area contributed by atoms with Gasteiger partial charge in [-0.3, -0.25) is 19.7 Å². The van der Waals surface area contributed by atoms with Gasteiger partial charge in [-0.05, 0) is 36.4 Å². The largest absolute Gasteiger partial charge is 0.479 e. The van der Waals surface area contributed by atoms with Gasteiger partial charge in [0, 0.05) is 36.1 Å². The number of ether oxygens (including phenoxy) is 2. The van der Waals surface area contributed by atoms with Crippen molar-refractivity contribution >= 4 is 35.1 Å². The summed E-state index contributed by atoms with van der Waals surface area (Å²) < 4.78 is 9.28. The molecule has 0 fully saturated rings. The Morgan fingerprint density at radius 2 is 1.47 bits per heavy atom. The van der Waals surface area contributed by atoms with Crippen LogP contribution in [0.25, 0.3) is 0 Å². The molecule has 2 rings (SSSR count). The highest BCUT2D eigenvalue weighted by Crippen LogP contribution is 2.15. The topological polar surface area (TPSA) is 174 Å². The first kappa shape index (κ1) is 24.0. The van der Waals surface area contributed by atoms with Gasteiger partial charge in [0.05, 0.1) is 12.0 Å². The summed E-state index contributed by atoms with van der Waals surface area (Å²) in [7, 11) is 2.11. The van der Waals surface area contributed by atoms with Gasteiger partial charge >= 0.3 is 11.9 Å². The standard InChI is InChI=1S/C20H19N3O9/c1-31-16(19(26)27)15(20(28)32-2)22-18(25)11-3-7-13(8-4-11)21-17(24)12-5-9-14(10-6-12)23(29)30/h3-10,15-16H,1-2H3,(H,21,24)(H,22,25)(H,26,27). The highest BCUT2D eigenvalue weighted by atomic mass is 16.6. The number of amides is 2. The number of aliphatic carboxylic acids is 1. The summed E-state index contributed by atoms with van der Waals surface area (Å²) in [4.78, 5) is 58.0. The lowest BCUT2D eigenvalue weighted by molar-refractivity contribution is -0.384. The predicted octanol–water partition coefficient (Wildman–Crippen LogP) is 1.22. The first-order valence-corrected chi connectivity index (χ1v) is 8.98. The summed E-state index contributed by atoms with van der Waals surface area (Å²) in [5, 5.41) is 24.7. The molecule has 0 bridgehead atoms. The number of carbonyl (C=O) groups excluding carboxylic acids is 3. The van der Waals surface area contributed by atoms with Crippen molar-refractivity contribution in [1.29, 1.82) is 0 Å². The number of hydrogen-bond donors (Lipinski definition) is 3. The Balaban J connectivity index is 2.09. The molecule has 0 saturated heterocycles. The molecule has 0 radical (unpaired) electrons. The zero-order valence-electron chi connectivity index (χ0n) is 16.9. The number of benzene rings is 2. The highest BCUT2D eigenvalue weighted by molar-refractivity contribution is 6.05. The number of rotatable bonds is 9. The van der Waals surface area contributed by atoms with Gasteiger partial charge in [-0.25, -0.2) is 9.59 Å². The van der Waals surface area contributed by atoms with Gasteiger partial charge in [0.2, 0.25) is 0 Å². The molecule has 0 aromatic heterocycles. The molecule has 168 valence electrons. The lowest BCUT2D eigenvalue weighted by Crippen LogP contribution is -2.53. The van der Waals surface area contributed by atoms with Crippen LogP contribution < -0.4 is 10.6 Å². The molecule has 32 heavy (non-hydrogen) atoms. The molecule has 0 heterocycles. The van der Waals surface area contributed by atoms with Crippen LogP contribution in [-0.4, -0.2) is 60.1 Å². The minimum Gasteiger partial charge on any atom is -0.479 e. The van der Waals surface area contributed by atoms with E-state index in [9.17, 15) is 34.4 Å². The fraction of sp³-hybridized carbons (Fsp3) is 0.200. The maximum absolute atomic E-state index is 12.5. The van der Waals surface area contributed by atoms with Crippen molar-refractivity contribution in [3.8, 4) is 0 Å². The second-order valence-corrected chi connectivity index (χ2v) is 6.30. The number of methoxy groups -OCH3 is 2. The van der Waals surface area contributed by atoms with Crippen LogP contribution in [-0.2, 0) is 19.1 Å². The molecule has 12 heteroatoms. The summed E-state index contributed by atoms with van der Waals surface area (Å²) in [5.74, 6) is -3.75. The number of hydrogen-bond acceptors (Lipinski definition) is 8. The summed E-state index contributed by atoms with van der Waals surface area (Å²) >= 11 is 0. The lowest BCUT2D eigenvalue weighted by atomic mass is 10.1. The van der Waals surface area contributed by atoms with Crippen LogP contribution in [0.15, 0.2) is 48.5 Å². The molecule has 2 atom stereocenters. The fourth-order valence-corrected chi connectivity index (χ4v) is 2.63. The Bertz CT molecular complexity index is 1020. The maximum atomic E-state index is 12.5. The zero-order chi connectivity index (χ0) is 23.8. The van der Waals surface area contributed by atoms with E-state index in [1.807, 2.05) is 0 Å². The number of carboxylic acids is 1. The Morgan fingerprint density at radius 3 is 1.94 bits per heavy atom. The molecule has 3 N–H and O–H groups in total. The number of anilines is 1. The SMILES string of the molecule is COC(=O)C(NC(=O)c1ccc(NC(=O)c2ccc([N+](=O)[O-])cc2)cc1)C(OC)C(=O)O. The normalized spacial score (nSPS) is 12.2. The van der Waals surface area contributed by atoms with Crippen LogP contribution in [0.3, 0.4) is 0 Å². The van der Waals surface area contributed by atoms with Crippen LogP contribution in [0.2, 0.25) is 0 Å². The van der Waals surface area contributed by atoms with E-state index in [1.165, 1.54) is 48.5 Å². The quantitative estimate of drug-likeness (QED) is 0.291. The molecule has 12 nitrogen and oxygen atoms in total. The van der Waals surface area contributed by atoms with Gasteiger partial charge in [-0.15, -0.1) is 0 Å². The average Bonchev–Trinajstić information content (AvgIpc) is 2.78. The number of nitrogens with one attached hydrogen (secondary N) is 2. The second kappa shape index (κ2) is 10.6. The Morgan fingerprint density at radius 1 is 0.938 bits per heavy atom. The van der Waals surface area contributed by atoms with E-state index in [4.69, 9.17) is 4.74 Å². The molecule has 0 aliphatic carbocycles. The van der Waals surface area contributed by atoms with E-state index in [-0.39, 0.29) is 16.8 Å².